The van der Waals surface area contributed by atoms with Gasteiger partial charge in [0.2, 0.25) is 0 Å². The lowest BCUT2D eigenvalue weighted by molar-refractivity contribution is -0.141. The lowest BCUT2D eigenvalue weighted by Crippen LogP contribution is -2.38. The fourth-order valence-corrected chi connectivity index (χ4v) is 2.24. The zero-order valence-electron chi connectivity index (χ0n) is 11.2. The van der Waals surface area contributed by atoms with Crippen LogP contribution < -0.4 is 4.72 Å². The summed E-state index contributed by atoms with van der Waals surface area (Å²) in [6, 6.07) is 8.24. The van der Waals surface area contributed by atoms with Crippen LogP contribution in [-0.4, -0.2) is 39.9 Å². The molecule has 1 N–H and O–H groups in total. The largest absolute Gasteiger partial charge is 0.469 e. The molecule has 0 aromatic heterocycles. The molecule has 6 nitrogen and oxygen atoms in total. The zero-order chi connectivity index (χ0) is 14.5. The summed E-state index contributed by atoms with van der Waals surface area (Å²) in [7, 11) is 0.483. The van der Waals surface area contributed by atoms with Crippen LogP contribution in [0.15, 0.2) is 30.3 Å². The van der Waals surface area contributed by atoms with Crippen LogP contribution in [0.25, 0.3) is 0 Å². The number of benzene rings is 1. The highest BCUT2D eigenvalue weighted by molar-refractivity contribution is 7.87. The van der Waals surface area contributed by atoms with Gasteiger partial charge in [-0.3, -0.25) is 4.79 Å². The monoisotopic (exact) mass is 286 g/mol. The summed E-state index contributed by atoms with van der Waals surface area (Å²) in [6.45, 7) is 0. The third-order valence-corrected chi connectivity index (χ3v) is 4.12. The van der Waals surface area contributed by atoms with Crippen LogP contribution in [0.4, 0.5) is 0 Å². The van der Waals surface area contributed by atoms with Crippen LogP contribution in [0.5, 0.6) is 0 Å². The summed E-state index contributed by atoms with van der Waals surface area (Å²) in [4.78, 5) is 11.4. The van der Waals surface area contributed by atoms with Gasteiger partial charge in [-0.2, -0.15) is 17.4 Å². The Kier molecular flexibility index (Phi) is 5.46. The fraction of sp³-hybridized carbons (Fsp3) is 0.417. The van der Waals surface area contributed by atoms with E-state index in [0.29, 0.717) is 5.56 Å². The molecule has 0 spiro atoms. The molecule has 1 aromatic rings. The summed E-state index contributed by atoms with van der Waals surface area (Å²) in [5.74, 6) is -0.477. The summed E-state index contributed by atoms with van der Waals surface area (Å²) in [5, 5.41) is 0. The van der Waals surface area contributed by atoms with Crippen LogP contribution in [-0.2, 0) is 19.7 Å². The van der Waals surface area contributed by atoms with Crippen molar-refractivity contribution in [2.75, 3.05) is 21.2 Å². The van der Waals surface area contributed by atoms with E-state index in [0.717, 1.165) is 4.31 Å². The molecule has 0 aliphatic carbocycles. The smallest absolute Gasteiger partial charge is 0.307 e. The van der Waals surface area contributed by atoms with Crippen molar-refractivity contribution in [3.8, 4) is 0 Å². The van der Waals surface area contributed by atoms with E-state index in [-0.39, 0.29) is 6.42 Å². The molecule has 0 bridgehead atoms. The summed E-state index contributed by atoms with van der Waals surface area (Å²) >= 11 is 0. The highest BCUT2D eigenvalue weighted by atomic mass is 32.2. The molecule has 0 heterocycles. The van der Waals surface area contributed by atoms with Gasteiger partial charge in [-0.1, -0.05) is 30.3 Å². The third-order valence-electron chi connectivity index (χ3n) is 2.57. The molecule has 0 amide bonds. The number of ether oxygens (including phenoxy) is 1. The minimum absolute atomic E-state index is 0.0619. The van der Waals surface area contributed by atoms with Gasteiger partial charge in [-0.05, 0) is 5.56 Å². The molecule has 1 aromatic carbocycles. The van der Waals surface area contributed by atoms with E-state index < -0.39 is 22.2 Å². The van der Waals surface area contributed by atoms with E-state index >= 15 is 0 Å². The normalized spacial score (nSPS) is 13.3. The Morgan fingerprint density at radius 2 is 1.89 bits per heavy atom. The minimum Gasteiger partial charge on any atom is -0.469 e. The third kappa shape index (κ3) is 4.62. The maximum Gasteiger partial charge on any atom is 0.307 e. The van der Waals surface area contributed by atoms with Gasteiger partial charge < -0.3 is 4.74 Å². The average molecular weight is 286 g/mol. The maximum atomic E-state index is 11.8. The van der Waals surface area contributed by atoms with Crippen molar-refractivity contribution in [3.05, 3.63) is 35.9 Å². The molecule has 0 saturated heterocycles. The van der Waals surface area contributed by atoms with Gasteiger partial charge in [-0.25, -0.2) is 0 Å². The molecule has 7 heteroatoms. The minimum atomic E-state index is -3.62. The van der Waals surface area contributed by atoms with Crippen LogP contribution in [0.1, 0.15) is 18.0 Å². The second kappa shape index (κ2) is 6.65. The predicted octanol–water partition coefficient (Wildman–Crippen LogP) is 0.687. The van der Waals surface area contributed by atoms with Crippen molar-refractivity contribution in [2.45, 2.75) is 12.5 Å². The standard InChI is InChI=1S/C12H18N2O4S/c1-14(2)19(16,17)13-11(9-12(15)18-3)10-7-5-4-6-8-10/h4-8,11,13H,9H2,1-3H3. The number of carbonyl (C=O) groups excluding carboxylic acids is 1. The topological polar surface area (TPSA) is 75.7 Å². The lowest BCUT2D eigenvalue weighted by atomic mass is 10.1. The number of nitrogens with one attached hydrogen (secondary N) is 1. The highest BCUT2D eigenvalue weighted by Crippen LogP contribution is 2.18. The van der Waals surface area contributed by atoms with Gasteiger partial charge in [0.05, 0.1) is 19.6 Å². The molecule has 1 rings (SSSR count). The van der Waals surface area contributed by atoms with Gasteiger partial charge in [0.1, 0.15) is 0 Å². The molecule has 1 unspecified atom stereocenters. The number of rotatable bonds is 6. The first-order valence-electron chi connectivity index (χ1n) is 5.68. The molecule has 19 heavy (non-hydrogen) atoms. The Morgan fingerprint density at radius 3 is 2.37 bits per heavy atom. The Labute approximate surface area is 113 Å². The van der Waals surface area contributed by atoms with E-state index in [4.69, 9.17) is 0 Å². The quantitative estimate of drug-likeness (QED) is 0.781. The van der Waals surface area contributed by atoms with Crippen molar-refractivity contribution in [3.63, 3.8) is 0 Å². The number of carbonyl (C=O) groups is 1. The summed E-state index contributed by atoms with van der Waals surface area (Å²) in [6.07, 6.45) is -0.0619. The Morgan fingerprint density at radius 1 is 1.32 bits per heavy atom. The first kappa shape index (κ1) is 15.6. The first-order valence-corrected chi connectivity index (χ1v) is 7.12. The number of esters is 1. The SMILES string of the molecule is COC(=O)CC(NS(=O)(=O)N(C)C)c1ccccc1. The van der Waals surface area contributed by atoms with Gasteiger partial charge in [0.25, 0.3) is 10.2 Å². The molecule has 106 valence electrons. The maximum absolute atomic E-state index is 11.8. The molecule has 0 fully saturated rings. The highest BCUT2D eigenvalue weighted by Gasteiger charge is 2.23. The number of hydrogen-bond donors (Lipinski definition) is 1. The fourth-order valence-electron chi connectivity index (χ4n) is 1.45. The van der Waals surface area contributed by atoms with Crippen molar-refractivity contribution < 1.29 is 17.9 Å². The molecular weight excluding hydrogens is 268 g/mol. The first-order chi connectivity index (χ1) is 8.86. The van der Waals surface area contributed by atoms with Crippen molar-refractivity contribution in [2.24, 2.45) is 0 Å². The van der Waals surface area contributed by atoms with E-state index in [2.05, 4.69) is 9.46 Å². The van der Waals surface area contributed by atoms with Crippen LogP contribution >= 0.6 is 0 Å². The van der Waals surface area contributed by atoms with E-state index in [9.17, 15) is 13.2 Å². The molecule has 0 radical (unpaired) electrons. The zero-order valence-corrected chi connectivity index (χ0v) is 12.0. The summed E-state index contributed by atoms with van der Waals surface area (Å²) in [5.41, 5.74) is 0.707. The molecule has 0 aliphatic rings. The van der Waals surface area contributed by atoms with Crippen LogP contribution in [0.3, 0.4) is 0 Å². The molecule has 1 atom stereocenters. The van der Waals surface area contributed by atoms with E-state index in [1.54, 1.807) is 24.3 Å². The Balaban J connectivity index is 2.97. The van der Waals surface area contributed by atoms with Gasteiger partial charge in [-0.15, -0.1) is 0 Å². The van der Waals surface area contributed by atoms with Crippen molar-refractivity contribution >= 4 is 16.2 Å². The molecular formula is C12H18N2O4S. The lowest BCUT2D eigenvalue weighted by Gasteiger charge is -2.20. The second-order valence-electron chi connectivity index (χ2n) is 4.15. The van der Waals surface area contributed by atoms with Gasteiger partial charge in [0.15, 0.2) is 0 Å². The molecule has 0 aliphatic heterocycles. The van der Waals surface area contributed by atoms with E-state index in [1.807, 2.05) is 6.07 Å². The Bertz CT molecular complexity index is 514. The number of nitrogens with zero attached hydrogens (tertiary/aromatic N) is 1. The number of methoxy groups -OCH3 is 1. The summed E-state index contributed by atoms with van der Waals surface area (Å²) < 4.78 is 31.8. The average Bonchev–Trinajstić information content (AvgIpc) is 2.38. The Hall–Kier alpha value is -1.44. The van der Waals surface area contributed by atoms with Gasteiger partial charge in [0, 0.05) is 14.1 Å². The van der Waals surface area contributed by atoms with Crippen LogP contribution in [0.2, 0.25) is 0 Å². The van der Waals surface area contributed by atoms with Crippen molar-refractivity contribution in [1.29, 1.82) is 0 Å². The number of hydrogen-bond acceptors (Lipinski definition) is 4. The van der Waals surface area contributed by atoms with Crippen molar-refractivity contribution in [1.82, 2.24) is 9.03 Å². The molecule has 0 saturated carbocycles. The predicted molar refractivity (Wildman–Crippen MR) is 71.6 cm³/mol. The van der Waals surface area contributed by atoms with Gasteiger partial charge >= 0.3 is 5.97 Å². The van der Waals surface area contributed by atoms with E-state index in [1.165, 1.54) is 21.2 Å². The van der Waals surface area contributed by atoms with Crippen LogP contribution in [0, 0.1) is 0 Å². The second-order valence-corrected chi connectivity index (χ2v) is 6.06.